The van der Waals surface area contributed by atoms with Crippen molar-refractivity contribution in [2.24, 2.45) is 0 Å². The third-order valence-electron chi connectivity index (χ3n) is 15.7. The van der Waals surface area contributed by atoms with Gasteiger partial charge in [-0.15, -0.1) is 0 Å². The molecule has 1 unspecified atom stereocenters. The van der Waals surface area contributed by atoms with Gasteiger partial charge in [-0.05, 0) is 68.9 Å². The third kappa shape index (κ3) is 29.0. The van der Waals surface area contributed by atoms with Crippen LogP contribution in [0.2, 0.25) is 0 Å². The van der Waals surface area contributed by atoms with Crippen LogP contribution in [0.1, 0.15) is 77.6 Å². The molecule has 4 aromatic rings. The molecule has 0 bridgehead atoms. The van der Waals surface area contributed by atoms with Gasteiger partial charge in [-0.25, -0.2) is 13.4 Å². The number of carboxylic acids is 6. The number of hydrogen-bond donors (Lipinski definition) is 15. The zero-order chi connectivity index (χ0) is 74.3. The molecule has 3 heterocycles. The van der Waals surface area contributed by atoms with Crippen molar-refractivity contribution in [1.82, 2.24) is 70.8 Å². The molecule has 0 saturated carbocycles. The second-order valence-corrected chi connectivity index (χ2v) is 25.6. The lowest BCUT2D eigenvalue weighted by Gasteiger charge is -2.33. The van der Waals surface area contributed by atoms with Crippen LogP contribution in [0.15, 0.2) is 58.6 Å². The first-order chi connectivity index (χ1) is 47.9. The van der Waals surface area contributed by atoms with Gasteiger partial charge in [0, 0.05) is 142 Å². The average Bonchev–Trinajstić information content (AvgIpc) is 1.12. The van der Waals surface area contributed by atoms with E-state index in [1.165, 1.54) is 27.0 Å². The molecule has 0 spiro atoms. The van der Waals surface area contributed by atoms with E-state index in [9.17, 15) is 101 Å². The van der Waals surface area contributed by atoms with E-state index in [1.807, 2.05) is 0 Å². The minimum atomic E-state index is -4.39. The van der Waals surface area contributed by atoms with E-state index >= 15 is 0 Å². The van der Waals surface area contributed by atoms with E-state index in [1.54, 1.807) is 66.9 Å². The first-order valence-corrected chi connectivity index (χ1v) is 33.8. The van der Waals surface area contributed by atoms with Gasteiger partial charge in [0.2, 0.25) is 45.0 Å². The van der Waals surface area contributed by atoms with E-state index in [0.717, 1.165) is 11.1 Å². The Hall–Kier alpha value is -9.99. The summed E-state index contributed by atoms with van der Waals surface area (Å²) in [5, 5.41) is 75.8. The van der Waals surface area contributed by atoms with Crippen molar-refractivity contribution in [3.05, 3.63) is 87.0 Å². The number of rotatable bonds is 41. The Morgan fingerprint density at radius 1 is 0.594 bits per heavy atom. The number of aryl methyl sites for hydroxylation is 4. The van der Waals surface area contributed by atoms with Gasteiger partial charge in [0.25, 0.3) is 5.91 Å². The molecule has 1 aliphatic rings. The van der Waals surface area contributed by atoms with Gasteiger partial charge in [-0.3, -0.25) is 81.9 Å². The predicted octanol–water partition coefficient (Wildman–Crippen LogP) is -2.87. The quantitative estimate of drug-likeness (QED) is 0.0199. The Kier molecular flexibility index (Phi) is 33.1. The van der Waals surface area contributed by atoms with Crippen LogP contribution >= 0.6 is 0 Å². The molecular formula is C63H89N15O22S. The van der Waals surface area contributed by atoms with Crippen LogP contribution in [-0.4, -0.2) is 281 Å². The molecule has 5 rings (SSSR count). The number of aromatic nitrogens is 3. The average molecular weight is 1440 g/mol. The van der Waals surface area contributed by atoms with Gasteiger partial charge in [0.15, 0.2) is 5.95 Å². The number of carboxylic acid groups (broad SMARTS) is 6. The number of aromatic amines is 1. The number of sulfonamides is 1. The highest BCUT2D eigenvalue weighted by Crippen LogP contribution is 2.22. The smallest absolute Gasteiger partial charge is 0.323 e. The van der Waals surface area contributed by atoms with Gasteiger partial charge >= 0.3 is 35.8 Å². The molecule has 38 heteroatoms. The van der Waals surface area contributed by atoms with Crippen molar-refractivity contribution in [1.29, 1.82) is 0 Å². The van der Waals surface area contributed by atoms with Crippen LogP contribution in [-0.2, 0) is 80.6 Å². The second kappa shape index (κ2) is 40.9. The van der Waals surface area contributed by atoms with Crippen molar-refractivity contribution in [2.75, 3.05) is 123 Å². The number of aliphatic carboxylic acids is 6. The number of hydrogen-bond acceptors (Lipinski definition) is 22. The number of pyridine rings is 1. The molecule has 2 aromatic heterocycles. The van der Waals surface area contributed by atoms with Crippen molar-refractivity contribution < 1.29 is 101 Å². The fourth-order valence-corrected chi connectivity index (χ4v) is 12.6. The molecule has 6 amide bonds. The summed E-state index contributed by atoms with van der Waals surface area (Å²) in [6, 6.07) is 2.87. The molecule has 1 fully saturated rings. The summed E-state index contributed by atoms with van der Waals surface area (Å²) in [6.45, 7) is 3.95. The first-order valence-electron chi connectivity index (χ1n) is 32.3. The van der Waals surface area contributed by atoms with Crippen molar-refractivity contribution in [2.45, 2.75) is 102 Å². The minimum absolute atomic E-state index is 0.0206. The lowest BCUT2D eigenvalue weighted by molar-refractivity contribution is -0.143. The number of nitrogens with one attached hydrogen (secondary N) is 9. The first kappa shape index (κ1) is 81.7. The Balaban J connectivity index is 1.05. The van der Waals surface area contributed by atoms with Crippen LogP contribution in [0.4, 0.5) is 5.95 Å². The van der Waals surface area contributed by atoms with Crippen LogP contribution in [0.3, 0.4) is 0 Å². The highest BCUT2D eigenvalue weighted by Gasteiger charge is 2.32. The molecule has 1 aliphatic heterocycles. The highest BCUT2D eigenvalue weighted by atomic mass is 32.2. The molecule has 101 heavy (non-hydrogen) atoms. The molecule has 3 atom stereocenters. The summed E-state index contributed by atoms with van der Waals surface area (Å²) in [5.74, 6) is -12.5. The van der Waals surface area contributed by atoms with E-state index < -0.39 is 144 Å². The van der Waals surface area contributed by atoms with Crippen LogP contribution < -0.4 is 47.4 Å². The number of H-pyrrole nitrogens is 1. The SMILES string of the molecule is Cc1cc(C)c(S(=O)(=O)NC(CNC(=O)c2cn(CCCNC(=O)CCC(=O)NCCCOCCCNC(=O)[C@@H](CC(=O)O)NC(=O)[C@@H](CC(=O)O)NC(=O)CN3CCN(CC(=O)O)CCN(CC(=O)O)CCN(CC(=O)O)CC3)c3cc(CNc4ncc[nH]4)ccc3c2=O)C(=O)O)c(C)c1. The standard InChI is InChI=1S/C63H89N15O22S/c1-39-27-40(2)58(41(3)28-39)101(98,99)73-47(62(96)97)33-69-59(93)44-34-78(48-29-42(7-8-43(48)57(44)92)32-70-63-67-14-15-68-63)16-4-11-64-49(79)9-10-50(80)65-12-5-25-100-26-6-13-66-60(94)45(30-52(82)83)72-61(95)46(31-53(84)85)71-51(81)35-74-17-19-75(36-54(86)87)21-23-77(38-56(90)91)24-22-76(20-18-74)37-55(88)89/h7-8,14-15,27-29,34,45-47,73H,4-6,9-13,16-26,30-33,35-38H2,1-3H3,(H,64,79)(H,65,80)(H,66,94)(H,69,93)(H,71,81)(H,72,95)(H,82,83)(H,84,85)(H,86,87)(H,88,89)(H,90,91)(H,96,97)(H2,67,68,70)/t45-,46-,47?/m1/s1. The monoisotopic (exact) mass is 1440 g/mol. The summed E-state index contributed by atoms with van der Waals surface area (Å²) in [7, 11) is -4.39. The lowest BCUT2D eigenvalue weighted by Crippen LogP contribution is -2.56. The molecule has 2 aromatic carbocycles. The number of nitrogens with zero attached hydrogens (tertiary/aromatic N) is 6. The number of amides is 6. The summed E-state index contributed by atoms with van der Waals surface area (Å²) in [5.41, 5.74) is 1.70. The van der Waals surface area contributed by atoms with Gasteiger partial charge in [-0.2, -0.15) is 4.72 Å². The Morgan fingerprint density at radius 3 is 1.59 bits per heavy atom. The number of ether oxygens (including phenoxy) is 1. The summed E-state index contributed by atoms with van der Waals surface area (Å²) in [4.78, 5) is 177. The maximum Gasteiger partial charge on any atom is 0.323 e. The van der Waals surface area contributed by atoms with Crippen molar-refractivity contribution in [3.8, 4) is 0 Å². The number of anilines is 1. The largest absolute Gasteiger partial charge is 0.481 e. The van der Waals surface area contributed by atoms with Gasteiger partial charge in [0.1, 0.15) is 23.7 Å². The topological polar surface area (TPSA) is 529 Å². The number of carbonyl (C=O) groups is 12. The van der Waals surface area contributed by atoms with E-state index in [2.05, 4.69) is 51.9 Å². The van der Waals surface area contributed by atoms with Gasteiger partial charge < -0.3 is 82.1 Å². The Morgan fingerprint density at radius 2 is 1.10 bits per heavy atom. The summed E-state index contributed by atoms with van der Waals surface area (Å²) < 4.78 is 36.3. The Bertz CT molecular complexity index is 3700. The number of benzene rings is 2. The van der Waals surface area contributed by atoms with Gasteiger partial charge in [-0.1, -0.05) is 23.8 Å². The van der Waals surface area contributed by atoms with Crippen molar-refractivity contribution >= 4 is 98.1 Å². The molecule has 15 N–H and O–H groups in total. The molecule has 554 valence electrons. The van der Waals surface area contributed by atoms with Crippen LogP contribution in [0.25, 0.3) is 10.9 Å². The number of fused-ring (bicyclic) bond motifs is 1. The zero-order valence-electron chi connectivity index (χ0n) is 56.2. The minimum Gasteiger partial charge on any atom is -0.481 e. The molecule has 0 radical (unpaired) electrons. The highest BCUT2D eigenvalue weighted by molar-refractivity contribution is 7.89. The zero-order valence-corrected chi connectivity index (χ0v) is 57.1. The molecular weight excluding hydrogens is 1350 g/mol. The van der Waals surface area contributed by atoms with Crippen LogP contribution in [0, 0.1) is 20.8 Å². The van der Waals surface area contributed by atoms with E-state index in [-0.39, 0.29) is 146 Å². The fourth-order valence-electron chi connectivity index (χ4n) is 10.9. The van der Waals surface area contributed by atoms with Crippen LogP contribution in [0.5, 0.6) is 0 Å². The van der Waals surface area contributed by atoms with Gasteiger partial charge in [0.05, 0.1) is 49.4 Å². The third-order valence-corrected chi connectivity index (χ3v) is 17.5. The summed E-state index contributed by atoms with van der Waals surface area (Å²) >= 11 is 0. The number of imidazole rings is 1. The predicted molar refractivity (Wildman–Crippen MR) is 359 cm³/mol. The van der Waals surface area contributed by atoms with Crippen molar-refractivity contribution in [3.63, 3.8) is 0 Å². The number of carbonyl (C=O) groups excluding carboxylic acids is 6. The Labute approximate surface area is 580 Å². The maximum atomic E-state index is 13.9. The maximum absolute atomic E-state index is 13.9. The lowest BCUT2D eigenvalue weighted by atomic mass is 10.1. The molecule has 37 nitrogen and oxygen atoms in total. The molecule has 1 saturated heterocycles. The van der Waals surface area contributed by atoms with E-state index in [0.29, 0.717) is 29.0 Å². The summed E-state index contributed by atoms with van der Waals surface area (Å²) in [6.07, 6.45) is 3.07. The fraction of sp³-hybridized carbons (Fsp3) is 0.524. The normalized spacial score (nSPS) is 14.6. The van der Waals surface area contributed by atoms with E-state index in [4.69, 9.17) is 4.74 Å². The second-order valence-electron chi connectivity index (χ2n) is 24.0. The molecule has 0 aliphatic carbocycles.